The van der Waals surface area contributed by atoms with E-state index < -0.39 is 5.60 Å². The van der Waals surface area contributed by atoms with Gasteiger partial charge in [-0.1, -0.05) is 6.42 Å². The second kappa shape index (κ2) is 8.12. The van der Waals surface area contributed by atoms with Crippen LogP contribution in [0.4, 0.5) is 0 Å². The standard InChI is InChI=1S/C13H24N2O4/c1-11(16)14-7-4-2-3-5-12(17)15-9-13(18)6-8-19-10-13/h18H,2-10H2,1H3,(H,14,16)(H,15,17). The topological polar surface area (TPSA) is 87.7 Å². The van der Waals surface area contributed by atoms with E-state index in [-0.39, 0.29) is 18.4 Å². The number of ether oxygens (including phenoxy) is 1. The van der Waals surface area contributed by atoms with Gasteiger partial charge in [-0.3, -0.25) is 9.59 Å². The quantitative estimate of drug-likeness (QED) is 0.541. The summed E-state index contributed by atoms with van der Waals surface area (Å²) in [5.74, 6) is -0.0652. The van der Waals surface area contributed by atoms with Crippen molar-refractivity contribution in [2.24, 2.45) is 0 Å². The Morgan fingerprint density at radius 1 is 1.26 bits per heavy atom. The molecule has 0 aromatic carbocycles. The monoisotopic (exact) mass is 272 g/mol. The predicted molar refractivity (Wildman–Crippen MR) is 70.5 cm³/mol. The molecule has 0 aromatic heterocycles. The molecule has 1 aliphatic rings. The fraction of sp³-hybridized carbons (Fsp3) is 0.846. The maximum absolute atomic E-state index is 11.6. The molecule has 110 valence electrons. The minimum atomic E-state index is -0.888. The first-order chi connectivity index (χ1) is 9.02. The van der Waals surface area contributed by atoms with Crippen molar-refractivity contribution >= 4 is 11.8 Å². The molecule has 2 amide bonds. The lowest BCUT2D eigenvalue weighted by Crippen LogP contribution is -2.43. The van der Waals surface area contributed by atoms with Gasteiger partial charge >= 0.3 is 0 Å². The SMILES string of the molecule is CC(=O)NCCCCCC(=O)NCC1(O)CCOC1. The molecule has 0 spiro atoms. The minimum absolute atomic E-state index is 0.0234. The molecule has 0 aromatic rings. The molecular formula is C13H24N2O4. The third-order valence-electron chi connectivity index (χ3n) is 3.15. The number of hydrogen-bond acceptors (Lipinski definition) is 4. The van der Waals surface area contributed by atoms with E-state index in [0.717, 1.165) is 19.3 Å². The minimum Gasteiger partial charge on any atom is -0.386 e. The number of amides is 2. The molecule has 6 heteroatoms. The molecular weight excluding hydrogens is 248 g/mol. The molecule has 1 heterocycles. The zero-order chi connectivity index (χ0) is 14.1. The van der Waals surface area contributed by atoms with Crippen LogP contribution in [-0.4, -0.2) is 48.8 Å². The van der Waals surface area contributed by atoms with Gasteiger partial charge in [-0.25, -0.2) is 0 Å². The highest BCUT2D eigenvalue weighted by molar-refractivity contribution is 5.75. The molecule has 1 unspecified atom stereocenters. The third-order valence-corrected chi connectivity index (χ3v) is 3.15. The number of carbonyl (C=O) groups excluding carboxylic acids is 2. The van der Waals surface area contributed by atoms with E-state index in [1.807, 2.05) is 0 Å². The Morgan fingerprint density at radius 2 is 2.05 bits per heavy atom. The first-order valence-corrected chi connectivity index (χ1v) is 6.83. The molecule has 1 fully saturated rings. The lowest BCUT2D eigenvalue weighted by molar-refractivity contribution is -0.122. The van der Waals surface area contributed by atoms with Crippen LogP contribution in [0.25, 0.3) is 0 Å². The van der Waals surface area contributed by atoms with Crippen molar-refractivity contribution in [1.29, 1.82) is 0 Å². The molecule has 1 saturated heterocycles. The van der Waals surface area contributed by atoms with Crippen molar-refractivity contribution in [3.63, 3.8) is 0 Å². The van der Waals surface area contributed by atoms with Gasteiger partial charge in [0.15, 0.2) is 0 Å². The smallest absolute Gasteiger partial charge is 0.220 e. The zero-order valence-electron chi connectivity index (χ0n) is 11.5. The lowest BCUT2D eigenvalue weighted by Gasteiger charge is -2.20. The van der Waals surface area contributed by atoms with Crippen molar-refractivity contribution in [2.75, 3.05) is 26.3 Å². The molecule has 1 aliphatic heterocycles. The Balaban J connectivity index is 1.97. The van der Waals surface area contributed by atoms with Crippen LogP contribution in [0.15, 0.2) is 0 Å². The van der Waals surface area contributed by atoms with E-state index in [4.69, 9.17) is 4.74 Å². The van der Waals surface area contributed by atoms with E-state index in [0.29, 0.717) is 32.6 Å². The van der Waals surface area contributed by atoms with Gasteiger partial charge < -0.3 is 20.5 Å². The van der Waals surface area contributed by atoms with Crippen LogP contribution < -0.4 is 10.6 Å². The van der Waals surface area contributed by atoms with Gasteiger partial charge in [-0.15, -0.1) is 0 Å². The van der Waals surface area contributed by atoms with Crippen LogP contribution in [0.5, 0.6) is 0 Å². The number of aliphatic hydroxyl groups is 1. The van der Waals surface area contributed by atoms with Crippen LogP contribution in [-0.2, 0) is 14.3 Å². The normalized spacial score (nSPS) is 22.2. The number of nitrogens with one attached hydrogen (secondary N) is 2. The Kier molecular flexibility index (Phi) is 6.80. The van der Waals surface area contributed by atoms with Gasteiger partial charge in [0, 0.05) is 39.5 Å². The van der Waals surface area contributed by atoms with Crippen molar-refractivity contribution in [3.05, 3.63) is 0 Å². The maximum atomic E-state index is 11.6. The van der Waals surface area contributed by atoms with E-state index in [1.165, 1.54) is 6.92 Å². The number of unbranched alkanes of at least 4 members (excludes halogenated alkanes) is 2. The summed E-state index contributed by atoms with van der Waals surface area (Å²) >= 11 is 0. The summed E-state index contributed by atoms with van der Waals surface area (Å²) in [4.78, 5) is 22.2. The largest absolute Gasteiger partial charge is 0.386 e. The Labute approximate surface area is 113 Å². The summed E-state index contributed by atoms with van der Waals surface area (Å²) in [7, 11) is 0. The number of rotatable bonds is 8. The van der Waals surface area contributed by atoms with E-state index in [2.05, 4.69) is 10.6 Å². The van der Waals surface area contributed by atoms with Crippen LogP contribution in [0.3, 0.4) is 0 Å². The summed E-state index contributed by atoms with van der Waals surface area (Å²) in [6.07, 6.45) is 3.60. The van der Waals surface area contributed by atoms with Crippen molar-refractivity contribution in [1.82, 2.24) is 10.6 Å². The van der Waals surface area contributed by atoms with Crippen LogP contribution in [0.2, 0.25) is 0 Å². The first-order valence-electron chi connectivity index (χ1n) is 6.83. The molecule has 6 nitrogen and oxygen atoms in total. The van der Waals surface area contributed by atoms with Gasteiger partial charge in [-0.2, -0.15) is 0 Å². The van der Waals surface area contributed by atoms with E-state index in [9.17, 15) is 14.7 Å². The summed E-state index contributed by atoms with van der Waals surface area (Å²) in [5, 5.41) is 15.4. The first kappa shape index (κ1) is 15.9. The molecule has 1 rings (SSSR count). The predicted octanol–water partition coefficient (Wildman–Crippen LogP) is -0.0495. The molecule has 0 radical (unpaired) electrons. The zero-order valence-corrected chi connectivity index (χ0v) is 11.5. The molecule has 3 N–H and O–H groups in total. The second-order valence-corrected chi connectivity index (χ2v) is 5.10. The Bertz CT molecular complexity index is 301. The lowest BCUT2D eigenvalue weighted by atomic mass is 10.0. The summed E-state index contributed by atoms with van der Waals surface area (Å²) in [6.45, 7) is 3.26. The van der Waals surface area contributed by atoms with Crippen molar-refractivity contribution < 1.29 is 19.4 Å². The highest BCUT2D eigenvalue weighted by Gasteiger charge is 2.32. The highest BCUT2D eigenvalue weighted by atomic mass is 16.5. The molecule has 1 atom stereocenters. The van der Waals surface area contributed by atoms with Gasteiger partial charge in [-0.05, 0) is 12.8 Å². The van der Waals surface area contributed by atoms with Crippen molar-refractivity contribution in [2.45, 2.75) is 44.6 Å². The van der Waals surface area contributed by atoms with Gasteiger partial charge in [0.1, 0.15) is 5.60 Å². The number of carbonyl (C=O) groups is 2. The summed E-state index contributed by atoms with van der Waals surface area (Å²) in [6, 6.07) is 0. The fourth-order valence-electron chi connectivity index (χ4n) is 1.94. The van der Waals surface area contributed by atoms with Crippen LogP contribution in [0, 0.1) is 0 Å². The maximum Gasteiger partial charge on any atom is 0.220 e. The summed E-state index contributed by atoms with van der Waals surface area (Å²) in [5.41, 5.74) is -0.888. The van der Waals surface area contributed by atoms with Gasteiger partial charge in [0.25, 0.3) is 0 Å². The Hall–Kier alpha value is -1.14. The third kappa shape index (κ3) is 7.12. The molecule has 0 bridgehead atoms. The summed E-state index contributed by atoms with van der Waals surface area (Å²) < 4.78 is 5.10. The van der Waals surface area contributed by atoms with Crippen LogP contribution in [0.1, 0.15) is 39.0 Å². The van der Waals surface area contributed by atoms with Crippen molar-refractivity contribution in [3.8, 4) is 0 Å². The average Bonchev–Trinajstić information content (AvgIpc) is 2.78. The van der Waals surface area contributed by atoms with Gasteiger partial charge in [0.05, 0.1) is 6.61 Å². The van der Waals surface area contributed by atoms with E-state index in [1.54, 1.807) is 0 Å². The second-order valence-electron chi connectivity index (χ2n) is 5.10. The molecule has 19 heavy (non-hydrogen) atoms. The molecule has 0 saturated carbocycles. The number of hydrogen-bond donors (Lipinski definition) is 3. The van der Waals surface area contributed by atoms with Gasteiger partial charge in [0.2, 0.25) is 11.8 Å². The average molecular weight is 272 g/mol. The van der Waals surface area contributed by atoms with E-state index >= 15 is 0 Å². The fourth-order valence-corrected chi connectivity index (χ4v) is 1.94. The van der Waals surface area contributed by atoms with Crippen LogP contribution >= 0.6 is 0 Å². The Morgan fingerprint density at radius 3 is 2.68 bits per heavy atom. The highest BCUT2D eigenvalue weighted by Crippen LogP contribution is 2.16. The molecule has 0 aliphatic carbocycles.